The van der Waals surface area contributed by atoms with E-state index in [1.165, 1.54) is 46.3 Å². The molecular weight excluding hydrogens is 362 g/mol. The van der Waals surface area contributed by atoms with Gasteiger partial charge in [-0.1, -0.05) is 91.9 Å². The average Bonchev–Trinajstić information content (AvgIpc) is 2.77. The average molecular weight is 402 g/mol. The molecule has 0 heterocycles. The molecule has 0 aliphatic carbocycles. The Morgan fingerprint density at radius 3 is 2.03 bits per heavy atom. The van der Waals surface area contributed by atoms with Crippen molar-refractivity contribution in [1.29, 1.82) is 0 Å². The van der Waals surface area contributed by atoms with Crippen LogP contribution < -0.4 is 5.73 Å². The van der Waals surface area contributed by atoms with Crippen LogP contribution in [0, 0.1) is 6.92 Å². The van der Waals surface area contributed by atoms with Crippen LogP contribution in [-0.2, 0) is 0 Å². The summed E-state index contributed by atoms with van der Waals surface area (Å²) in [5, 5.41) is 0. The number of hydrogen-bond donors (Lipinski definition) is 1. The van der Waals surface area contributed by atoms with Crippen molar-refractivity contribution in [2.45, 2.75) is 64.2 Å². The van der Waals surface area contributed by atoms with Gasteiger partial charge in [0.25, 0.3) is 0 Å². The molecule has 2 aromatic carbocycles. The van der Waals surface area contributed by atoms with Crippen molar-refractivity contribution in [3.05, 3.63) is 102 Å². The molecule has 0 aliphatic heterocycles. The fourth-order valence-corrected chi connectivity index (χ4v) is 3.95. The van der Waals surface area contributed by atoms with E-state index in [9.17, 15) is 0 Å². The normalized spacial score (nSPS) is 11.8. The molecule has 0 bridgehead atoms. The fraction of sp³-hybridized carbons (Fsp3) is 0.379. The summed E-state index contributed by atoms with van der Waals surface area (Å²) in [6, 6.07) is 19.1. The topological polar surface area (TPSA) is 26.0 Å². The lowest BCUT2D eigenvalue weighted by molar-refractivity contribution is 0.573. The maximum Gasteiger partial charge on any atom is -0.000824 e. The van der Waals surface area contributed by atoms with Crippen molar-refractivity contribution >= 4 is 5.57 Å². The summed E-state index contributed by atoms with van der Waals surface area (Å²) in [5.41, 5.74) is 13.8. The van der Waals surface area contributed by atoms with E-state index in [1.807, 2.05) is 0 Å². The molecule has 1 unspecified atom stereocenters. The van der Waals surface area contributed by atoms with Crippen LogP contribution in [0.3, 0.4) is 0 Å². The van der Waals surface area contributed by atoms with E-state index in [0.717, 1.165) is 45.1 Å². The Morgan fingerprint density at radius 1 is 0.767 bits per heavy atom. The van der Waals surface area contributed by atoms with Crippen LogP contribution in [0.2, 0.25) is 0 Å². The monoisotopic (exact) mass is 401 g/mol. The van der Waals surface area contributed by atoms with Crippen molar-refractivity contribution < 1.29 is 0 Å². The lowest BCUT2D eigenvalue weighted by Crippen LogP contribution is -2.12. The van der Waals surface area contributed by atoms with E-state index in [0.29, 0.717) is 5.92 Å². The van der Waals surface area contributed by atoms with Gasteiger partial charge in [-0.05, 0) is 86.6 Å². The zero-order valence-electron chi connectivity index (χ0n) is 18.8. The Morgan fingerprint density at radius 2 is 1.37 bits per heavy atom. The largest absolute Gasteiger partial charge is 0.330 e. The van der Waals surface area contributed by atoms with Crippen molar-refractivity contribution in [2.75, 3.05) is 6.54 Å². The summed E-state index contributed by atoms with van der Waals surface area (Å²) in [4.78, 5) is 0. The summed E-state index contributed by atoms with van der Waals surface area (Å²) in [6.45, 7) is 15.7. The summed E-state index contributed by atoms with van der Waals surface area (Å²) < 4.78 is 0. The van der Waals surface area contributed by atoms with Crippen LogP contribution in [0.5, 0.6) is 0 Å². The molecule has 2 N–H and O–H groups in total. The van der Waals surface area contributed by atoms with Crippen LogP contribution in [-0.4, -0.2) is 6.54 Å². The van der Waals surface area contributed by atoms with E-state index in [4.69, 9.17) is 5.73 Å². The Balaban J connectivity index is 1.60. The predicted molar refractivity (Wildman–Crippen MR) is 134 cm³/mol. The zero-order valence-corrected chi connectivity index (χ0v) is 18.8. The van der Waals surface area contributed by atoms with E-state index >= 15 is 0 Å². The highest BCUT2D eigenvalue weighted by molar-refractivity contribution is 5.66. The van der Waals surface area contributed by atoms with Gasteiger partial charge in [-0.25, -0.2) is 0 Å². The van der Waals surface area contributed by atoms with E-state index in [2.05, 4.69) is 81.3 Å². The Kier molecular flexibility index (Phi) is 10.4. The van der Waals surface area contributed by atoms with Gasteiger partial charge in [-0.3, -0.25) is 0 Å². The highest BCUT2D eigenvalue weighted by atomic mass is 14.5. The second-order valence-corrected chi connectivity index (χ2v) is 8.51. The first kappa shape index (κ1) is 23.9. The number of hydrogen-bond acceptors (Lipinski definition) is 1. The van der Waals surface area contributed by atoms with Crippen LogP contribution in [0.4, 0.5) is 0 Å². The van der Waals surface area contributed by atoms with Gasteiger partial charge < -0.3 is 5.73 Å². The molecule has 0 saturated heterocycles. The summed E-state index contributed by atoms with van der Waals surface area (Å²) >= 11 is 0. The molecule has 1 nitrogen and oxygen atoms in total. The molecule has 0 fully saturated rings. The maximum atomic E-state index is 5.99. The highest BCUT2D eigenvalue weighted by Gasteiger charge is 2.09. The number of unbranched alkanes of at least 4 members (excludes halogenated alkanes) is 1. The van der Waals surface area contributed by atoms with Gasteiger partial charge in [-0.15, -0.1) is 0 Å². The molecule has 1 heteroatoms. The second-order valence-electron chi connectivity index (χ2n) is 8.51. The molecule has 0 saturated carbocycles. The molecule has 0 amide bonds. The summed E-state index contributed by atoms with van der Waals surface area (Å²) in [7, 11) is 0. The van der Waals surface area contributed by atoms with Crippen molar-refractivity contribution in [3.63, 3.8) is 0 Å². The molecule has 2 rings (SSSR count). The summed E-state index contributed by atoms with van der Waals surface area (Å²) in [5.74, 6) is 0.473. The minimum absolute atomic E-state index is 0.473. The zero-order chi connectivity index (χ0) is 21.8. The van der Waals surface area contributed by atoms with Gasteiger partial charge in [0.05, 0.1) is 0 Å². The predicted octanol–water partition coefficient (Wildman–Crippen LogP) is 7.98. The van der Waals surface area contributed by atoms with Gasteiger partial charge >= 0.3 is 0 Å². The van der Waals surface area contributed by atoms with Gasteiger partial charge in [-0.2, -0.15) is 0 Å². The number of benzene rings is 2. The third kappa shape index (κ3) is 8.16. The SMILES string of the molecule is C=C(CCCCC(CN)c1ccccc1)CCC(=C)CCC(=C)c1ccccc1C. The second kappa shape index (κ2) is 13.0. The number of aryl methyl sites for hydroxylation is 1. The molecular formula is C29H39N. The van der Waals surface area contributed by atoms with Crippen LogP contribution >= 0.6 is 0 Å². The molecule has 160 valence electrons. The Bertz CT molecular complexity index is 815. The highest BCUT2D eigenvalue weighted by Crippen LogP contribution is 2.26. The van der Waals surface area contributed by atoms with Crippen molar-refractivity contribution in [1.82, 2.24) is 0 Å². The fourth-order valence-electron chi connectivity index (χ4n) is 3.95. The standard InChI is InChI=1S/C29H39N/c1-23(12-8-10-16-28(22-30)27-14-6-5-7-15-27)18-19-24(2)20-21-26(4)29-17-11-9-13-25(29)3/h5-7,9,11,13-15,17,28H,1-2,4,8,10,12,16,18-22,30H2,3H3. The minimum atomic E-state index is 0.473. The van der Waals surface area contributed by atoms with Crippen molar-refractivity contribution in [3.8, 4) is 0 Å². The minimum Gasteiger partial charge on any atom is -0.330 e. The van der Waals surface area contributed by atoms with Crippen LogP contribution in [0.15, 0.2) is 85.5 Å². The number of rotatable bonds is 14. The number of nitrogens with two attached hydrogens (primary N) is 1. The molecule has 0 radical (unpaired) electrons. The third-order valence-corrected chi connectivity index (χ3v) is 6.03. The van der Waals surface area contributed by atoms with Crippen LogP contribution in [0.25, 0.3) is 5.57 Å². The van der Waals surface area contributed by atoms with E-state index < -0.39 is 0 Å². The maximum absolute atomic E-state index is 5.99. The molecule has 1 atom stereocenters. The number of allylic oxidation sites excluding steroid dienone is 3. The molecule has 0 spiro atoms. The summed E-state index contributed by atoms with van der Waals surface area (Å²) in [6.07, 6.45) is 8.73. The Hall–Kier alpha value is -2.38. The quantitative estimate of drug-likeness (QED) is 0.252. The van der Waals surface area contributed by atoms with E-state index in [-0.39, 0.29) is 0 Å². The Labute approximate surface area is 184 Å². The van der Waals surface area contributed by atoms with Gasteiger partial charge in [0, 0.05) is 0 Å². The molecule has 30 heavy (non-hydrogen) atoms. The molecule has 0 aromatic heterocycles. The van der Waals surface area contributed by atoms with Crippen molar-refractivity contribution in [2.24, 2.45) is 5.73 Å². The van der Waals surface area contributed by atoms with Gasteiger partial charge in [0.2, 0.25) is 0 Å². The van der Waals surface area contributed by atoms with Crippen LogP contribution in [0.1, 0.15) is 74.0 Å². The van der Waals surface area contributed by atoms with Gasteiger partial charge in [0.1, 0.15) is 0 Å². The molecule has 2 aromatic rings. The lowest BCUT2D eigenvalue weighted by atomic mass is 9.92. The smallest absolute Gasteiger partial charge is 0.000824 e. The first-order valence-corrected chi connectivity index (χ1v) is 11.3. The third-order valence-electron chi connectivity index (χ3n) is 6.03. The first-order valence-electron chi connectivity index (χ1n) is 11.3. The van der Waals surface area contributed by atoms with E-state index in [1.54, 1.807) is 0 Å². The first-order chi connectivity index (χ1) is 14.5. The van der Waals surface area contributed by atoms with Gasteiger partial charge in [0.15, 0.2) is 0 Å². The molecule has 0 aliphatic rings. The lowest BCUT2D eigenvalue weighted by Gasteiger charge is -2.15.